The van der Waals surface area contributed by atoms with Gasteiger partial charge in [-0.05, 0) is 13.2 Å². The standard InChI is InChI=1S/C10H19N5OS/c1-5-11-8-13-9(12-6-7(2)17-4)15-10(14-8)16-3/h7H,5-6H2,1-4H3,(H2,11,12,13,14,15). The van der Waals surface area contributed by atoms with E-state index in [-0.39, 0.29) is 0 Å². The second-order valence-electron chi connectivity index (χ2n) is 3.43. The third kappa shape index (κ3) is 4.64. The Kier molecular flexibility index (Phi) is 5.82. The van der Waals surface area contributed by atoms with Crippen molar-refractivity contribution in [2.24, 2.45) is 0 Å². The number of methoxy groups -OCH3 is 1. The summed E-state index contributed by atoms with van der Waals surface area (Å²) in [7, 11) is 1.54. The third-order valence-electron chi connectivity index (χ3n) is 2.08. The number of rotatable bonds is 7. The quantitative estimate of drug-likeness (QED) is 0.766. The van der Waals surface area contributed by atoms with Gasteiger partial charge >= 0.3 is 6.01 Å². The second-order valence-corrected chi connectivity index (χ2v) is 4.70. The highest BCUT2D eigenvalue weighted by Gasteiger charge is 2.07. The lowest BCUT2D eigenvalue weighted by Gasteiger charge is -2.11. The van der Waals surface area contributed by atoms with Crippen LogP contribution in [-0.2, 0) is 0 Å². The minimum atomic E-state index is 0.315. The van der Waals surface area contributed by atoms with Crippen LogP contribution in [0.3, 0.4) is 0 Å². The van der Waals surface area contributed by atoms with Crippen LogP contribution in [0.25, 0.3) is 0 Å². The Morgan fingerprint density at radius 1 is 1.24 bits per heavy atom. The second kappa shape index (κ2) is 7.16. The molecule has 0 radical (unpaired) electrons. The van der Waals surface area contributed by atoms with Crippen LogP contribution in [0, 0.1) is 0 Å². The molecule has 0 aliphatic carbocycles. The molecule has 2 N–H and O–H groups in total. The molecule has 7 heteroatoms. The predicted octanol–water partition coefficient (Wildman–Crippen LogP) is 1.48. The molecule has 1 heterocycles. The zero-order valence-corrected chi connectivity index (χ0v) is 11.5. The summed E-state index contributed by atoms with van der Waals surface area (Å²) in [6.07, 6.45) is 2.07. The Morgan fingerprint density at radius 3 is 2.41 bits per heavy atom. The third-order valence-corrected chi connectivity index (χ3v) is 3.05. The molecule has 1 aromatic rings. The number of thioether (sulfide) groups is 1. The minimum Gasteiger partial charge on any atom is -0.467 e. The SMILES string of the molecule is CCNc1nc(NCC(C)SC)nc(OC)n1. The maximum atomic E-state index is 5.03. The first-order valence-corrected chi connectivity index (χ1v) is 6.79. The summed E-state index contributed by atoms with van der Waals surface area (Å²) in [5, 5.41) is 6.70. The van der Waals surface area contributed by atoms with E-state index in [9.17, 15) is 0 Å². The highest BCUT2D eigenvalue weighted by molar-refractivity contribution is 7.99. The summed E-state index contributed by atoms with van der Waals surface area (Å²) in [4.78, 5) is 12.5. The summed E-state index contributed by atoms with van der Waals surface area (Å²) in [5.41, 5.74) is 0. The smallest absolute Gasteiger partial charge is 0.322 e. The van der Waals surface area contributed by atoms with Gasteiger partial charge in [0.25, 0.3) is 0 Å². The van der Waals surface area contributed by atoms with Crippen LogP contribution < -0.4 is 15.4 Å². The molecule has 6 nitrogen and oxygen atoms in total. The van der Waals surface area contributed by atoms with E-state index in [1.807, 2.05) is 6.92 Å². The summed E-state index contributed by atoms with van der Waals surface area (Å²) in [6, 6.07) is 0.315. The lowest BCUT2D eigenvalue weighted by Crippen LogP contribution is -2.16. The van der Waals surface area contributed by atoms with Gasteiger partial charge in [0.05, 0.1) is 7.11 Å². The number of ether oxygens (including phenoxy) is 1. The Labute approximate surface area is 106 Å². The molecule has 0 saturated heterocycles. The van der Waals surface area contributed by atoms with Crippen LogP contribution >= 0.6 is 11.8 Å². The van der Waals surface area contributed by atoms with Gasteiger partial charge in [-0.2, -0.15) is 26.7 Å². The minimum absolute atomic E-state index is 0.315. The Morgan fingerprint density at radius 2 is 1.88 bits per heavy atom. The molecule has 96 valence electrons. The average molecular weight is 257 g/mol. The van der Waals surface area contributed by atoms with Crippen molar-refractivity contribution in [1.29, 1.82) is 0 Å². The topological polar surface area (TPSA) is 72.0 Å². The van der Waals surface area contributed by atoms with Crippen molar-refractivity contribution in [3.8, 4) is 6.01 Å². The molecule has 0 aliphatic rings. The lowest BCUT2D eigenvalue weighted by molar-refractivity contribution is 0.379. The van der Waals surface area contributed by atoms with E-state index >= 15 is 0 Å². The first kappa shape index (κ1) is 13.8. The largest absolute Gasteiger partial charge is 0.467 e. The van der Waals surface area contributed by atoms with Gasteiger partial charge < -0.3 is 15.4 Å². The van der Waals surface area contributed by atoms with Gasteiger partial charge in [-0.15, -0.1) is 0 Å². The van der Waals surface area contributed by atoms with Crippen molar-refractivity contribution in [3.05, 3.63) is 0 Å². The molecule has 0 saturated carbocycles. The van der Waals surface area contributed by atoms with E-state index in [0.717, 1.165) is 13.1 Å². The first-order chi connectivity index (χ1) is 8.19. The van der Waals surface area contributed by atoms with Crippen LogP contribution in [0.4, 0.5) is 11.9 Å². The maximum absolute atomic E-state index is 5.03. The van der Waals surface area contributed by atoms with Gasteiger partial charge in [0.2, 0.25) is 11.9 Å². The summed E-state index contributed by atoms with van der Waals surface area (Å²) < 4.78 is 5.03. The van der Waals surface area contributed by atoms with Gasteiger partial charge in [0.1, 0.15) is 0 Å². The van der Waals surface area contributed by atoms with Crippen molar-refractivity contribution >= 4 is 23.7 Å². The number of nitrogens with one attached hydrogen (secondary N) is 2. The molecule has 17 heavy (non-hydrogen) atoms. The molecular formula is C10H19N5OS. The molecular weight excluding hydrogens is 238 g/mol. The van der Waals surface area contributed by atoms with Gasteiger partial charge in [-0.3, -0.25) is 0 Å². The molecule has 0 fully saturated rings. The average Bonchev–Trinajstić information content (AvgIpc) is 2.36. The van der Waals surface area contributed by atoms with Crippen molar-refractivity contribution < 1.29 is 4.74 Å². The first-order valence-electron chi connectivity index (χ1n) is 5.50. The zero-order valence-electron chi connectivity index (χ0n) is 10.6. The van der Waals surface area contributed by atoms with E-state index in [1.165, 1.54) is 0 Å². The van der Waals surface area contributed by atoms with E-state index in [1.54, 1.807) is 18.9 Å². The van der Waals surface area contributed by atoms with Crippen LogP contribution in [0.15, 0.2) is 0 Å². The Bertz CT molecular complexity index is 349. The molecule has 0 aromatic carbocycles. The lowest BCUT2D eigenvalue weighted by atomic mass is 10.5. The van der Waals surface area contributed by atoms with Crippen LogP contribution in [0.1, 0.15) is 13.8 Å². The van der Waals surface area contributed by atoms with Gasteiger partial charge in [0.15, 0.2) is 0 Å². The van der Waals surface area contributed by atoms with Gasteiger partial charge in [0, 0.05) is 18.3 Å². The number of hydrogen-bond donors (Lipinski definition) is 2. The Balaban J connectivity index is 2.72. The summed E-state index contributed by atoms with van der Waals surface area (Å²) in [6.45, 7) is 5.69. The van der Waals surface area contributed by atoms with Crippen molar-refractivity contribution in [2.75, 3.05) is 37.1 Å². The van der Waals surface area contributed by atoms with Crippen molar-refractivity contribution in [1.82, 2.24) is 15.0 Å². The number of aromatic nitrogens is 3. The van der Waals surface area contributed by atoms with Crippen LogP contribution in [-0.4, -0.2) is 46.7 Å². The fourth-order valence-electron chi connectivity index (χ4n) is 1.08. The molecule has 0 bridgehead atoms. The number of anilines is 2. The molecule has 1 unspecified atom stereocenters. The fraction of sp³-hybridized carbons (Fsp3) is 0.700. The van der Waals surface area contributed by atoms with Crippen LogP contribution in [0.2, 0.25) is 0 Å². The summed E-state index contributed by atoms with van der Waals surface area (Å²) in [5.74, 6) is 1.06. The fourth-order valence-corrected chi connectivity index (χ4v) is 1.33. The Hall–Kier alpha value is -1.24. The van der Waals surface area contributed by atoms with Crippen LogP contribution in [0.5, 0.6) is 6.01 Å². The number of hydrogen-bond acceptors (Lipinski definition) is 7. The predicted molar refractivity (Wildman–Crippen MR) is 72.0 cm³/mol. The van der Waals surface area contributed by atoms with Crippen molar-refractivity contribution in [3.63, 3.8) is 0 Å². The van der Waals surface area contributed by atoms with E-state index in [2.05, 4.69) is 38.8 Å². The van der Waals surface area contributed by atoms with E-state index < -0.39 is 0 Å². The highest BCUT2D eigenvalue weighted by Crippen LogP contribution is 2.12. The highest BCUT2D eigenvalue weighted by atomic mass is 32.2. The molecule has 1 rings (SSSR count). The zero-order chi connectivity index (χ0) is 12.7. The molecule has 1 aromatic heterocycles. The molecule has 0 spiro atoms. The van der Waals surface area contributed by atoms with E-state index in [4.69, 9.17) is 4.74 Å². The molecule has 0 amide bonds. The maximum Gasteiger partial charge on any atom is 0.322 e. The summed E-state index contributed by atoms with van der Waals surface area (Å²) >= 11 is 1.79. The molecule has 1 atom stereocenters. The monoisotopic (exact) mass is 257 g/mol. The van der Waals surface area contributed by atoms with E-state index in [0.29, 0.717) is 23.2 Å². The van der Waals surface area contributed by atoms with Gasteiger partial charge in [-0.25, -0.2) is 0 Å². The van der Waals surface area contributed by atoms with Crippen molar-refractivity contribution in [2.45, 2.75) is 19.1 Å². The molecule has 0 aliphatic heterocycles. The van der Waals surface area contributed by atoms with Gasteiger partial charge in [-0.1, -0.05) is 6.92 Å². The normalized spacial score (nSPS) is 12.0. The number of nitrogens with zero attached hydrogens (tertiary/aromatic N) is 3.